The average molecular weight is 294 g/mol. The van der Waals surface area contributed by atoms with Crippen LogP contribution in [0, 0.1) is 6.92 Å². The lowest BCUT2D eigenvalue weighted by Gasteiger charge is -2.29. The number of nitrogens with two attached hydrogens (primary N) is 1. The topological polar surface area (TPSA) is 38.5 Å². The van der Waals surface area contributed by atoms with E-state index >= 15 is 0 Å². The third-order valence-electron chi connectivity index (χ3n) is 4.35. The van der Waals surface area contributed by atoms with E-state index < -0.39 is 0 Å². The van der Waals surface area contributed by atoms with Gasteiger partial charge in [0.1, 0.15) is 11.5 Å². The third-order valence-corrected chi connectivity index (χ3v) is 4.35. The van der Waals surface area contributed by atoms with Crippen molar-refractivity contribution >= 4 is 11.4 Å². The molecular formula is C19H22N2O. The molecule has 0 aromatic heterocycles. The molecule has 0 bridgehead atoms. The van der Waals surface area contributed by atoms with Crippen molar-refractivity contribution in [3.05, 3.63) is 59.3 Å². The van der Waals surface area contributed by atoms with Gasteiger partial charge in [-0.3, -0.25) is 0 Å². The SMILES string of the molecule is CC1=CN(C)c2ccc(Oc3ccc(N)cc3C)cc2C1C. The highest BCUT2D eigenvalue weighted by Gasteiger charge is 2.20. The van der Waals surface area contributed by atoms with Crippen LogP contribution in [0.3, 0.4) is 0 Å². The van der Waals surface area contributed by atoms with Crippen LogP contribution in [0.5, 0.6) is 11.5 Å². The summed E-state index contributed by atoms with van der Waals surface area (Å²) in [7, 11) is 2.08. The highest BCUT2D eigenvalue weighted by atomic mass is 16.5. The molecule has 114 valence electrons. The van der Waals surface area contributed by atoms with E-state index in [-0.39, 0.29) is 0 Å². The number of fused-ring (bicyclic) bond motifs is 1. The van der Waals surface area contributed by atoms with Crippen molar-refractivity contribution in [2.75, 3.05) is 17.7 Å². The van der Waals surface area contributed by atoms with Gasteiger partial charge in [0.25, 0.3) is 0 Å². The molecule has 3 nitrogen and oxygen atoms in total. The van der Waals surface area contributed by atoms with E-state index in [1.165, 1.54) is 16.8 Å². The maximum Gasteiger partial charge on any atom is 0.130 e. The first-order valence-corrected chi connectivity index (χ1v) is 7.55. The zero-order valence-electron chi connectivity index (χ0n) is 13.6. The number of nitrogen functional groups attached to an aromatic ring is 1. The second-order valence-corrected chi connectivity index (χ2v) is 6.05. The van der Waals surface area contributed by atoms with E-state index in [0.29, 0.717) is 5.92 Å². The minimum absolute atomic E-state index is 0.405. The second-order valence-electron chi connectivity index (χ2n) is 6.05. The van der Waals surface area contributed by atoms with Gasteiger partial charge in [-0.05, 0) is 66.9 Å². The van der Waals surface area contributed by atoms with Gasteiger partial charge in [-0.15, -0.1) is 0 Å². The summed E-state index contributed by atoms with van der Waals surface area (Å²) in [6.45, 7) is 6.41. The maximum absolute atomic E-state index is 6.06. The zero-order valence-corrected chi connectivity index (χ0v) is 13.6. The van der Waals surface area contributed by atoms with Gasteiger partial charge in [-0.2, -0.15) is 0 Å². The van der Waals surface area contributed by atoms with Crippen LogP contribution < -0.4 is 15.4 Å². The molecule has 0 saturated heterocycles. The lowest BCUT2D eigenvalue weighted by Crippen LogP contribution is -2.18. The fraction of sp³-hybridized carbons (Fsp3) is 0.263. The summed E-state index contributed by atoms with van der Waals surface area (Å²) in [5, 5.41) is 0. The van der Waals surface area contributed by atoms with Crippen LogP contribution in [0.15, 0.2) is 48.2 Å². The molecule has 0 spiro atoms. The van der Waals surface area contributed by atoms with Crippen molar-refractivity contribution in [1.29, 1.82) is 0 Å². The Balaban J connectivity index is 1.95. The van der Waals surface area contributed by atoms with Crippen molar-refractivity contribution in [3.8, 4) is 11.5 Å². The molecule has 2 aromatic rings. The number of rotatable bonds is 2. The molecule has 3 rings (SSSR count). The van der Waals surface area contributed by atoms with Gasteiger partial charge in [-0.1, -0.05) is 6.92 Å². The molecule has 0 fully saturated rings. The lowest BCUT2D eigenvalue weighted by molar-refractivity contribution is 0.478. The molecule has 0 saturated carbocycles. The molecule has 1 unspecified atom stereocenters. The molecule has 0 radical (unpaired) electrons. The quantitative estimate of drug-likeness (QED) is 0.806. The van der Waals surface area contributed by atoms with Crippen LogP contribution in [-0.4, -0.2) is 7.05 Å². The lowest BCUT2D eigenvalue weighted by atomic mass is 9.90. The molecule has 3 heteroatoms. The Kier molecular flexibility index (Phi) is 3.57. The van der Waals surface area contributed by atoms with Crippen molar-refractivity contribution in [2.45, 2.75) is 26.7 Å². The van der Waals surface area contributed by atoms with Gasteiger partial charge in [0.05, 0.1) is 0 Å². The molecule has 2 aromatic carbocycles. The smallest absolute Gasteiger partial charge is 0.130 e. The van der Waals surface area contributed by atoms with Crippen molar-refractivity contribution in [1.82, 2.24) is 0 Å². The molecule has 0 aliphatic carbocycles. The molecule has 22 heavy (non-hydrogen) atoms. The van der Waals surface area contributed by atoms with E-state index in [0.717, 1.165) is 22.7 Å². The summed E-state index contributed by atoms with van der Waals surface area (Å²) in [6.07, 6.45) is 2.19. The normalized spacial score (nSPS) is 17.0. The van der Waals surface area contributed by atoms with Gasteiger partial charge in [0.15, 0.2) is 0 Å². The minimum atomic E-state index is 0.405. The first kappa shape index (κ1) is 14.5. The van der Waals surface area contributed by atoms with Crippen LogP contribution >= 0.6 is 0 Å². The monoisotopic (exact) mass is 294 g/mol. The number of aryl methyl sites for hydroxylation is 1. The first-order chi connectivity index (χ1) is 10.5. The van der Waals surface area contributed by atoms with E-state index in [2.05, 4.69) is 44.1 Å². The highest BCUT2D eigenvalue weighted by Crippen LogP contribution is 2.39. The van der Waals surface area contributed by atoms with Crippen molar-refractivity contribution in [3.63, 3.8) is 0 Å². The zero-order chi connectivity index (χ0) is 15.9. The standard InChI is InChI=1S/C19H22N2O/c1-12-9-15(20)5-8-19(12)22-16-6-7-18-17(10-16)14(3)13(2)11-21(18)4/h5-11,14H,20H2,1-4H3. The van der Waals surface area contributed by atoms with Gasteiger partial charge < -0.3 is 15.4 Å². The molecule has 2 N–H and O–H groups in total. The summed E-state index contributed by atoms with van der Waals surface area (Å²) in [5.41, 5.74) is 11.5. The van der Waals surface area contributed by atoms with Crippen LogP contribution in [0.1, 0.15) is 30.9 Å². The van der Waals surface area contributed by atoms with E-state index in [1.54, 1.807) is 0 Å². The summed E-state index contributed by atoms with van der Waals surface area (Å²) in [6, 6.07) is 12.0. The summed E-state index contributed by atoms with van der Waals surface area (Å²) < 4.78 is 6.06. The molecule has 0 amide bonds. The Hall–Kier alpha value is -2.42. The Morgan fingerprint density at radius 3 is 2.59 bits per heavy atom. The Bertz CT molecular complexity index is 749. The van der Waals surface area contributed by atoms with Crippen LogP contribution in [0.2, 0.25) is 0 Å². The number of benzene rings is 2. The summed E-state index contributed by atoms with van der Waals surface area (Å²) in [4.78, 5) is 2.17. The number of anilines is 2. The predicted octanol–water partition coefficient (Wildman–Crippen LogP) is 4.83. The predicted molar refractivity (Wildman–Crippen MR) is 92.7 cm³/mol. The molecule has 1 atom stereocenters. The maximum atomic E-state index is 6.06. The van der Waals surface area contributed by atoms with Crippen LogP contribution in [-0.2, 0) is 0 Å². The van der Waals surface area contributed by atoms with Crippen LogP contribution in [0.25, 0.3) is 0 Å². The van der Waals surface area contributed by atoms with Crippen molar-refractivity contribution < 1.29 is 4.74 Å². The minimum Gasteiger partial charge on any atom is -0.457 e. The molecular weight excluding hydrogens is 272 g/mol. The van der Waals surface area contributed by atoms with Gasteiger partial charge in [0.2, 0.25) is 0 Å². The summed E-state index contributed by atoms with van der Waals surface area (Å²) in [5.74, 6) is 2.11. The largest absolute Gasteiger partial charge is 0.457 e. The average Bonchev–Trinajstić information content (AvgIpc) is 2.48. The Morgan fingerprint density at radius 1 is 1.09 bits per heavy atom. The molecule has 1 aliphatic heterocycles. The fourth-order valence-electron chi connectivity index (χ4n) is 2.91. The second kappa shape index (κ2) is 5.41. The van der Waals surface area contributed by atoms with Crippen molar-refractivity contribution in [2.24, 2.45) is 0 Å². The van der Waals surface area contributed by atoms with E-state index in [9.17, 15) is 0 Å². The number of hydrogen-bond donors (Lipinski definition) is 1. The third kappa shape index (κ3) is 2.54. The fourth-order valence-corrected chi connectivity index (χ4v) is 2.91. The van der Waals surface area contributed by atoms with Gasteiger partial charge in [-0.25, -0.2) is 0 Å². The Morgan fingerprint density at radius 2 is 1.86 bits per heavy atom. The number of allylic oxidation sites excluding steroid dienone is 1. The number of hydrogen-bond acceptors (Lipinski definition) is 3. The number of nitrogens with zero attached hydrogens (tertiary/aromatic N) is 1. The molecule has 1 heterocycles. The highest BCUT2D eigenvalue weighted by molar-refractivity contribution is 5.64. The van der Waals surface area contributed by atoms with Gasteiger partial charge in [0, 0.05) is 30.5 Å². The first-order valence-electron chi connectivity index (χ1n) is 7.55. The van der Waals surface area contributed by atoms with Crippen LogP contribution in [0.4, 0.5) is 11.4 Å². The number of ether oxygens (including phenoxy) is 1. The van der Waals surface area contributed by atoms with E-state index in [4.69, 9.17) is 10.5 Å². The summed E-state index contributed by atoms with van der Waals surface area (Å²) >= 11 is 0. The Labute approximate surface area is 132 Å². The molecule has 1 aliphatic rings. The van der Waals surface area contributed by atoms with Gasteiger partial charge >= 0.3 is 0 Å². The van der Waals surface area contributed by atoms with E-state index in [1.807, 2.05) is 31.2 Å².